The van der Waals surface area contributed by atoms with Crippen molar-refractivity contribution in [1.29, 1.82) is 0 Å². The maximum atomic E-state index is 13.8. The highest BCUT2D eigenvalue weighted by atomic mass is 19.2. The van der Waals surface area contributed by atoms with Crippen molar-refractivity contribution in [3.05, 3.63) is 70.3 Å². The zero-order chi connectivity index (χ0) is 14.7. The molecule has 0 saturated heterocycles. The van der Waals surface area contributed by atoms with E-state index in [1.165, 1.54) is 12.1 Å². The number of aryl methyl sites for hydroxylation is 2. The first-order valence-corrected chi connectivity index (χ1v) is 6.82. The predicted octanol–water partition coefficient (Wildman–Crippen LogP) is 4.17. The van der Waals surface area contributed by atoms with Crippen molar-refractivity contribution < 1.29 is 13.9 Å². The number of halogens is 2. The summed E-state index contributed by atoms with van der Waals surface area (Å²) in [6, 6.07) is 9.68. The molecule has 0 aliphatic heterocycles. The molecule has 0 spiro atoms. The highest BCUT2D eigenvalue weighted by Gasteiger charge is 2.20. The number of hydrogen-bond acceptors (Lipinski definition) is 1. The van der Waals surface area contributed by atoms with E-state index in [9.17, 15) is 13.9 Å². The summed E-state index contributed by atoms with van der Waals surface area (Å²) in [5.74, 6) is -1.92. The Bertz CT molecular complexity index is 608. The molecule has 106 valence electrons. The molecule has 1 atom stereocenters. The minimum Gasteiger partial charge on any atom is -0.384 e. The average molecular weight is 276 g/mol. The third-order valence-electron chi connectivity index (χ3n) is 3.57. The maximum Gasteiger partial charge on any atom is 0.164 e. The number of benzene rings is 2. The van der Waals surface area contributed by atoms with Crippen LogP contribution in [0, 0.1) is 11.6 Å². The molecule has 2 aromatic rings. The molecule has 0 fully saturated rings. The molecule has 1 unspecified atom stereocenters. The van der Waals surface area contributed by atoms with Gasteiger partial charge in [-0.05, 0) is 35.6 Å². The number of rotatable bonds is 4. The number of hydrogen-bond donors (Lipinski definition) is 1. The second kappa shape index (κ2) is 6.14. The van der Waals surface area contributed by atoms with Gasteiger partial charge in [-0.1, -0.05) is 44.2 Å². The Morgan fingerprint density at radius 2 is 1.75 bits per heavy atom. The van der Waals surface area contributed by atoms with Crippen LogP contribution in [0.15, 0.2) is 36.4 Å². The molecule has 2 rings (SSSR count). The summed E-state index contributed by atoms with van der Waals surface area (Å²) in [4.78, 5) is 0. The molecule has 0 aliphatic carbocycles. The first-order chi connectivity index (χ1) is 9.58. The summed E-state index contributed by atoms with van der Waals surface area (Å²) >= 11 is 0. The van der Waals surface area contributed by atoms with Crippen molar-refractivity contribution in [3.63, 3.8) is 0 Å². The van der Waals surface area contributed by atoms with Gasteiger partial charge in [-0.15, -0.1) is 0 Å². The minimum absolute atomic E-state index is 0.0204. The van der Waals surface area contributed by atoms with E-state index >= 15 is 0 Å². The van der Waals surface area contributed by atoms with Gasteiger partial charge in [0.05, 0.1) is 0 Å². The summed E-state index contributed by atoms with van der Waals surface area (Å²) in [7, 11) is 0. The standard InChI is InChI=1S/C17H18F2O/c1-3-11-8-9-12(4-2)14(10-11)17(20)13-6-5-7-15(18)16(13)19/h5-10,17,20H,3-4H2,1-2H3. The van der Waals surface area contributed by atoms with Crippen molar-refractivity contribution in [2.45, 2.75) is 32.8 Å². The van der Waals surface area contributed by atoms with Crippen LogP contribution in [0.25, 0.3) is 0 Å². The summed E-state index contributed by atoms with van der Waals surface area (Å²) in [6.07, 6.45) is 0.412. The molecule has 20 heavy (non-hydrogen) atoms. The van der Waals surface area contributed by atoms with E-state index < -0.39 is 17.7 Å². The molecule has 2 aromatic carbocycles. The third-order valence-corrected chi connectivity index (χ3v) is 3.57. The predicted molar refractivity (Wildman–Crippen MR) is 75.6 cm³/mol. The first-order valence-electron chi connectivity index (χ1n) is 6.82. The van der Waals surface area contributed by atoms with Crippen LogP contribution in [0.4, 0.5) is 8.78 Å². The Kier molecular flexibility index (Phi) is 4.50. The molecule has 3 heteroatoms. The maximum absolute atomic E-state index is 13.8. The van der Waals surface area contributed by atoms with Crippen LogP contribution in [0.3, 0.4) is 0 Å². The highest BCUT2D eigenvalue weighted by molar-refractivity contribution is 5.39. The van der Waals surface area contributed by atoms with Gasteiger partial charge in [0.2, 0.25) is 0 Å². The van der Waals surface area contributed by atoms with Crippen LogP contribution >= 0.6 is 0 Å². The summed E-state index contributed by atoms with van der Waals surface area (Å²) in [6.45, 7) is 3.99. The van der Waals surface area contributed by atoms with Gasteiger partial charge in [0.1, 0.15) is 6.10 Å². The van der Waals surface area contributed by atoms with E-state index in [1.54, 1.807) is 0 Å². The normalized spacial score (nSPS) is 12.4. The molecule has 1 nitrogen and oxygen atoms in total. The fraction of sp³-hybridized carbons (Fsp3) is 0.294. The molecule has 0 aliphatic rings. The molecule has 0 saturated carbocycles. The first kappa shape index (κ1) is 14.7. The number of aliphatic hydroxyl groups is 1. The van der Waals surface area contributed by atoms with E-state index in [1.807, 2.05) is 32.0 Å². The minimum atomic E-state index is -1.15. The lowest BCUT2D eigenvalue weighted by molar-refractivity contribution is 0.212. The zero-order valence-corrected chi connectivity index (χ0v) is 11.7. The molecule has 1 N–H and O–H groups in total. The largest absolute Gasteiger partial charge is 0.384 e. The Labute approximate surface area is 117 Å². The van der Waals surface area contributed by atoms with Crippen LogP contribution in [0.1, 0.15) is 42.2 Å². The molecule has 0 radical (unpaired) electrons. The second-order valence-electron chi connectivity index (χ2n) is 4.79. The fourth-order valence-corrected chi connectivity index (χ4v) is 2.34. The topological polar surface area (TPSA) is 20.2 Å². The van der Waals surface area contributed by atoms with E-state index in [0.717, 1.165) is 30.0 Å². The van der Waals surface area contributed by atoms with Gasteiger partial charge in [0.15, 0.2) is 11.6 Å². The van der Waals surface area contributed by atoms with Gasteiger partial charge >= 0.3 is 0 Å². The summed E-state index contributed by atoms with van der Waals surface area (Å²) in [5.41, 5.74) is 2.63. The zero-order valence-electron chi connectivity index (χ0n) is 11.7. The molecule has 0 amide bonds. The van der Waals surface area contributed by atoms with Gasteiger partial charge in [-0.3, -0.25) is 0 Å². The molecular weight excluding hydrogens is 258 g/mol. The van der Waals surface area contributed by atoms with E-state index in [-0.39, 0.29) is 5.56 Å². The van der Waals surface area contributed by atoms with Crippen LogP contribution in [-0.4, -0.2) is 5.11 Å². The van der Waals surface area contributed by atoms with Crippen molar-refractivity contribution >= 4 is 0 Å². The Hall–Kier alpha value is -1.74. The van der Waals surface area contributed by atoms with Gasteiger partial charge in [-0.25, -0.2) is 8.78 Å². The SMILES string of the molecule is CCc1ccc(CC)c(C(O)c2cccc(F)c2F)c1. The van der Waals surface area contributed by atoms with Gasteiger partial charge in [-0.2, -0.15) is 0 Å². The van der Waals surface area contributed by atoms with Crippen molar-refractivity contribution in [1.82, 2.24) is 0 Å². The number of aliphatic hydroxyl groups excluding tert-OH is 1. The lowest BCUT2D eigenvalue weighted by Crippen LogP contribution is -2.07. The second-order valence-corrected chi connectivity index (χ2v) is 4.79. The summed E-state index contributed by atoms with van der Waals surface area (Å²) in [5, 5.41) is 10.4. The Morgan fingerprint density at radius 3 is 2.40 bits per heavy atom. The van der Waals surface area contributed by atoms with E-state index in [2.05, 4.69) is 0 Å². The van der Waals surface area contributed by atoms with Crippen LogP contribution in [0.5, 0.6) is 0 Å². The van der Waals surface area contributed by atoms with Gasteiger partial charge in [0.25, 0.3) is 0 Å². The van der Waals surface area contributed by atoms with E-state index in [0.29, 0.717) is 5.56 Å². The lowest BCUT2D eigenvalue weighted by atomic mass is 9.93. The summed E-state index contributed by atoms with van der Waals surface area (Å²) < 4.78 is 27.1. The smallest absolute Gasteiger partial charge is 0.164 e. The molecular formula is C17H18F2O. The van der Waals surface area contributed by atoms with Crippen molar-refractivity contribution in [2.24, 2.45) is 0 Å². The molecule has 0 heterocycles. The highest BCUT2D eigenvalue weighted by Crippen LogP contribution is 2.29. The van der Waals surface area contributed by atoms with Crippen molar-refractivity contribution in [3.8, 4) is 0 Å². The van der Waals surface area contributed by atoms with Crippen LogP contribution in [0.2, 0.25) is 0 Å². The Morgan fingerprint density at radius 1 is 1.00 bits per heavy atom. The molecule has 0 bridgehead atoms. The fourth-order valence-electron chi connectivity index (χ4n) is 2.34. The van der Waals surface area contributed by atoms with Gasteiger partial charge < -0.3 is 5.11 Å². The van der Waals surface area contributed by atoms with Gasteiger partial charge in [0, 0.05) is 5.56 Å². The van der Waals surface area contributed by atoms with Crippen molar-refractivity contribution in [2.75, 3.05) is 0 Å². The average Bonchev–Trinajstić information content (AvgIpc) is 2.48. The van der Waals surface area contributed by atoms with E-state index in [4.69, 9.17) is 0 Å². The quantitative estimate of drug-likeness (QED) is 0.888. The molecule has 0 aromatic heterocycles. The third kappa shape index (κ3) is 2.73. The lowest BCUT2D eigenvalue weighted by Gasteiger charge is -2.17. The van der Waals surface area contributed by atoms with Crippen LogP contribution in [-0.2, 0) is 12.8 Å². The monoisotopic (exact) mass is 276 g/mol. The van der Waals surface area contributed by atoms with Crippen LogP contribution < -0.4 is 0 Å². The Balaban J connectivity index is 2.51.